The Bertz CT molecular complexity index is 274. The van der Waals surface area contributed by atoms with Crippen LogP contribution in [0.3, 0.4) is 0 Å². The van der Waals surface area contributed by atoms with Crippen LogP contribution in [0.4, 0.5) is 0 Å². The molecule has 0 aromatic carbocycles. The molecular weight excluding hydrogens is 190 g/mol. The maximum Gasteiger partial charge on any atom is 0.0216 e. The summed E-state index contributed by atoms with van der Waals surface area (Å²) < 4.78 is 0. The zero-order valence-electron chi connectivity index (χ0n) is 8.88. The van der Waals surface area contributed by atoms with Crippen LogP contribution in [0, 0.1) is 0 Å². The van der Waals surface area contributed by atoms with Crippen molar-refractivity contribution in [3.05, 3.63) is 21.9 Å². The lowest BCUT2D eigenvalue weighted by molar-refractivity contribution is 0.683. The van der Waals surface area contributed by atoms with Gasteiger partial charge < -0.3 is 5.32 Å². The van der Waals surface area contributed by atoms with Crippen LogP contribution < -0.4 is 5.32 Å². The molecule has 1 heterocycles. The predicted molar refractivity (Wildman–Crippen MR) is 62.9 cm³/mol. The van der Waals surface area contributed by atoms with E-state index in [0.717, 1.165) is 19.0 Å². The van der Waals surface area contributed by atoms with Gasteiger partial charge in [0.1, 0.15) is 0 Å². The number of thiophene rings is 1. The van der Waals surface area contributed by atoms with Crippen LogP contribution >= 0.6 is 11.3 Å². The summed E-state index contributed by atoms with van der Waals surface area (Å²) in [6.07, 6.45) is 5.69. The zero-order valence-corrected chi connectivity index (χ0v) is 9.70. The maximum atomic E-state index is 3.42. The summed E-state index contributed by atoms with van der Waals surface area (Å²) in [5.74, 6) is 0.870. The Kier molecular flexibility index (Phi) is 3.60. The molecule has 0 radical (unpaired) electrons. The van der Waals surface area contributed by atoms with E-state index in [1.54, 1.807) is 11.1 Å². The molecule has 1 saturated carbocycles. The fourth-order valence-corrected chi connectivity index (χ4v) is 3.27. The zero-order chi connectivity index (χ0) is 9.80. The van der Waals surface area contributed by atoms with Crippen LogP contribution in [-0.2, 0) is 6.54 Å². The van der Waals surface area contributed by atoms with Gasteiger partial charge in [0.05, 0.1) is 0 Å². The molecule has 0 spiro atoms. The molecule has 0 aliphatic heterocycles. The van der Waals surface area contributed by atoms with Gasteiger partial charge in [0, 0.05) is 6.54 Å². The fraction of sp³-hybridized carbons (Fsp3) is 0.667. The van der Waals surface area contributed by atoms with Crippen molar-refractivity contribution in [1.29, 1.82) is 0 Å². The highest BCUT2D eigenvalue weighted by atomic mass is 32.1. The van der Waals surface area contributed by atoms with Gasteiger partial charge in [-0.25, -0.2) is 0 Å². The van der Waals surface area contributed by atoms with Gasteiger partial charge in [-0.3, -0.25) is 0 Å². The summed E-state index contributed by atoms with van der Waals surface area (Å²) in [5.41, 5.74) is 3.18. The van der Waals surface area contributed by atoms with Gasteiger partial charge in [-0.15, -0.1) is 0 Å². The lowest BCUT2D eigenvalue weighted by Gasteiger charge is -2.10. The van der Waals surface area contributed by atoms with Crippen molar-refractivity contribution in [3.63, 3.8) is 0 Å². The molecule has 0 unspecified atom stereocenters. The molecule has 1 N–H and O–H groups in total. The van der Waals surface area contributed by atoms with E-state index in [4.69, 9.17) is 0 Å². The van der Waals surface area contributed by atoms with Gasteiger partial charge in [0.15, 0.2) is 0 Å². The number of nitrogens with one attached hydrogen (secondary N) is 1. The molecule has 0 atom stereocenters. The minimum Gasteiger partial charge on any atom is -0.313 e. The molecule has 2 heteroatoms. The number of hydrogen-bond donors (Lipinski definition) is 1. The highest BCUT2D eigenvalue weighted by molar-refractivity contribution is 7.08. The third kappa shape index (κ3) is 2.18. The summed E-state index contributed by atoms with van der Waals surface area (Å²) in [6, 6.07) is 0. The van der Waals surface area contributed by atoms with Crippen molar-refractivity contribution in [2.24, 2.45) is 0 Å². The minimum atomic E-state index is 0.870. The third-order valence-corrected chi connectivity index (χ3v) is 3.95. The van der Waals surface area contributed by atoms with E-state index in [1.807, 2.05) is 11.3 Å². The Morgan fingerprint density at radius 1 is 1.36 bits per heavy atom. The Morgan fingerprint density at radius 3 is 2.86 bits per heavy atom. The maximum absolute atomic E-state index is 3.42. The van der Waals surface area contributed by atoms with Crippen LogP contribution in [0.2, 0.25) is 0 Å². The van der Waals surface area contributed by atoms with E-state index < -0.39 is 0 Å². The molecule has 2 rings (SSSR count). The first-order valence-electron chi connectivity index (χ1n) is 5.67. The average molecular weight is 209 g/mol. The van der Waals surface area contributed by atoms with E-state index in [-0.39, 0.29) is 0 Å². The molecule has 78 valence electrons. The minimum absolute atomic E-state index is 0.870. The second-order valence-corrected chi connectivity index (χ2v) is 4.86. The topological polar surface area (TPSA) is 12.0 Å². The van der Waals surface area contributed by atoms with E-state index in [9.17, 15) is 0 Å². The number of hydrogen-bond acceptors (Lipinski definition) is 2. The molecule has 1 fully saturated rings. The first kappa shape index (κ1) is 10.2. The van der Waals surface area contributed by atoms with Crippen LogP contribution in [0.5, 0.6) is 0 Å². The predicted octanol–water partition coefficient (Wildman–Crippen LogP) is 3.52. The third-order valence-electron chi connectivity index (χ3n) is 3.14. The van der Waals surface area contributed by atoms with Gasteiger partial charge in [-0.05, 0) is 47.2 Å². The highest BCUT2D eigenvalue weighted by Crippen LogP contribution is 2.37. The molecule has 14 heavy (non-hydrogen) atoms. The lowest BCUT2D eigenvalue weighted by atomic mass is 9.97. The van der Waals surface area contributed by atoms with E-state index in [1.165, 1.54) is 25.7 Å². The largest absolute Gasteiger partial charge is 0.313 e. The van der Waals surface area contributed by atoms with Crippen molar-refractivity contribution in [2.75, 3.05) is 6.54 Å². The molecule has 1 aromatic rings. The normalized spacial score (nSPS) is 17.8. The van der Waals surface area contributed by atoms with Gasteiger partial charge in [0.25, 0.3) is 0 Å². The van der Waals surface area contributed by atoms with Crippen molar-refractivity contribution in [1.82, 2.24) is 5.32 Å². The van der Waals surface area contributed by atoms with E-state index in [2.05, 4.69) is 23.0 Å². The van der Waals surface area contributed by atoms with Crippen LogP contribution in [0.25, 0.3) is 0 Å². The molecular formula is C12H19NS. The lowest BCUT2D eigenvalue weighted by Crippen LogP contribution is -2.12. The quantitative estimate of drug-likeness (QED) is 0.800. The molecule has 1 aliphatic carbocycles. The first-order valence-corrected chi connectivity index (χ1v) is 6.61. The van der Waals surface area contributed by atoms with Crippen LogP contribution in [0.1, 0.15) is 49.7 Å². The van der Waals surface area contributed by atoms with Crippen molar-refractivity contribution < 1.29 is 0 Å². The second kappa shape index (κ2) is 4.94. The molecule has 1 nitrogen and oxygen atoms in total. The van der Waals surface area contributed by atoms with Gasteiger partial charge in [-0.2, -0.15) is 11.3 Å². The van der Waals surface area contributed by atoms with Crippen molar-refractivity contribution in [3.8, 4) is 0 Å². The highest BCUT2D eigenvalue weighted by Gasteiger charge is 2.19. The Balaban J connectivity index is 2.04. The monoisotopic (exact) mass is 209 g/mol. The summed E-state index contributed by atoms with van der Waals surface area (Å²) >= 11 is 1.86. The summed E-state index contributed by atoms with van der Waals surface area (Å²) in [7, 11) is 0. The molecule has 1 aromatic heterocycles. The number of rotatable bonds is 4. The Morgan fingerprint density at radius 2 is 2.14 bits per heavy atom. The summed E-state index contributed by atoms with van der Waals surface area (Å²) in [5, 5.41) is 8.10. The summed E-state index contributed by atoms with van der Waals surface area (Å²) in [4.78, 5) is 0. The molecule has 0 saturated heterocycles. The Labute approximate surface area is 90.5 Å². The van der Waals surface area contributed by atoms with Crippen LogP contribution in [-0.4, -0.2) is 6.54 Å². The second-order valence-electron chi connectivity index (χ2n) is 4.11. The van der Waals surface area contributed by atoms with Crippen LogP contribution in [0.15, 0.2) is 10.8 Å². The fourth-order valence-electron chi connectivity index (χ4n) is 2.33. The standard InChI is InChI=1S/C12H19NS/c1-2-13-7-11-8-14-9-12(11)10-5-3-4-6-10/h8-10,13H,2-7H2,1H3. The molecule has 0 amide bonds. The first-order chi connectivity index (χ1) is 6.92. The Hall–Kier alpha value is -0.340. The van der Waals surface area contributed by atoms with Gasteiger partial charge in [-0.1, -0.05) is 19.8 Å². The SMILES string of the molecule is CCNCc1cscc1C1CCCC1. The van der Waals surface area contributed by atoms with Crippen molar-refractivity contribution >= 4 is 11.3 Å². The van der Waals surface area contributed by atoms with Gasteiger partial charge >= 0.3 is 0 Å². The smallest absolute Gasteiger partial charge is 0.0216 e. The molecule has 1 aliphatic rings. The van der Waals surface area contributed by atoms with Gasteiger partial charge in [0.2, 0.25) is 0 Å². The summed E-state index contributed by atoms with van der Waals surface area (Å²) in [6.45, 7) is 4.30. The van der Waals surface area contributed by atoms with E-state index >= 15 is 0 Å². The van der Waals surface area contributed by atoms with Crippen molar-refractivity contribution in [2.45, 2.75) is 45.1 Å². The van der Waals surface area contributed by atoms with E-state index in [0.29, 0.717) is 0 Å². The average Bonchev–Trinajstić information content (AvgIpc) is 2.84. The molecule has 0 bridgehead atoms.